The minimum atomic E-state index is -3.40. The third-order valence-electron chi connectivity index (χ3n) is 3.86. The van der Waals surface area contributed by atoms with E-state index in [0.717, 1.165) is 12.0 Å². The summed E-state index contributed by atoms with van der Waals surface area (Å²) in [6.45, 7) is 3.98. The van der Waals surface area contributed by atoms with Crippen LogP contribution in [-0.4, -0.2) is 21.5 Å². The van der Waals surface area contributed by atoms with Crippen molar-refractivity contribution in [1.29, 1.82) is 0 Å². The fourth-order valence-corrected chi connectivity index (χ4v) is 3.59. The van der Waals surface area contributed by atoms with E-state index in [9.17, 15) is 8.42 Å². The molecule has 4 nitrogen and oxygen atoms in total. The maximum atomic E-state index is 12.3. The molecular formula is C15H24N2O2S. The van der Waals surface area contributed by atoms with Gasteiger partial charge in [0.2, 0.25) is 10.0 Å². The third-order valence-corrected chi connectivity index (χ3v) is 5.47. The molecule has 2 N–H and O–H groups in total. The van der Waals surface area contributed by atoms with Gasteiger partial charge in [-0.2, -0.15) is 0 Å². The fourth-order valence-electron chi connectivity index (χ4n) is 2.34. The molecule has 0 amide bonds. The maximum absolute atomic E-state index is 12.3. The molecule has 0 bridgehead atoms. The van der Waals surface area contributed by atoms with Crippen LogP contribution in [0.5, 0.6) is 0 Å². The van der Waals surface area contributed by atoms with Crippen LogP contribution in [0.2, 0.25) is 0 Å². The van der Waals surface area contributed by atoms with Gasteiger partial charge in [0.15, 0.2) is 0 Å². The Morgan fingerprint density at radius 3 is 2.30 bits per heavy atom. The zero-order valence-electron chi connectivity index (χ0n) is 12.4. The molecule has 1 aromatic carbocycles. The molecule has 1 aliphatic rings. The Bertz CT molecular complexity index is 535. The maximum Gasteiger partial charge on any atom is 0.240 e. The molecular weight excluding hydrogens is 272 g/mol. The first-order valence-electron chi connectivity index (χ1n) is 7.22. The second-order valence-corrected chi connectivity index (χ2v) is 7.49. The predicted molar refractivity (Wildman–Crippen MR) is 81.0 cm³/mol. The van der Waals surface area contributed by atoms with Crippen LogP contribution in [0.3, 0.4) is 0 Å². The van der Waals surface area contributed by atoms with E-state index in [-0.39, 0.29) is 12.1 Å². The monoisotopic (exact) mass is 296 g/mol. The van der Waals surface area contributed by atoms with Gasteiger partial charge in [0, 0.05) is 12.1 Å². The molecule has 0 radical (unpaired) electrons. The lowest BCUT2D eigenvalue weighted by Gasteiger charge is -2.15. The molecule has 0 aliphatic heterocycles. The molecule has 1 aromatic rings. The van der Waals surface area contributed by atoms with Gasteiger partial charge in [-0.15, -0.1) is 0 Å². The number of benzene rings is 1. The third kappa shape index (κ3) is 4.04. The SMILES string of the molecule is CNC(C)c1ccc(S(=O)(=O)NC(C)CC2CC2)cc1. The molecule has 1 fully saturated rings. The first-order chi connectivity index (χ1) is 9.42. The molecule has 2 rings (SSSR count). The highest BCUT2D eigenvalue weighted by Gasteiger charge is 2.26. The molecule has 2 unspecified atom stereocenters. The fraction of sp³-hybridized carbons (Fsp3) is 0.600. The lowest BCUT2D eigenvalue weighted by atomic mass is 10.1. The number of sulfonamides is 1. The Hall–Kier alpha value is -0.910. The van der Waals surface area contributed by atoms with Crippen LogP contribution in [0.4, 0.5) is 0 Å². The lowest BCUT2D eigenvalue weighted by molar-refractivity contribution is 0.530. The molecule has 2 atom stereocenters. The summed E-state index contributed by atoms with van der Waals surface area (Å²) in [5.41, 5.74) is 1.08. The summed E-state index contributed by atoms with van der Waals surface area (Å²) in [5, 5.41) is 3.14. The van der Waals surface area contributed by atoms with Gasteiger partial charge in [-0.1, -0.05) is 25.0 Å². The molecule has 5 heteroatoms. The van der Waals surface area contributed by atoms with Gasteiger partial charge >= 0.3 is 0 Å². The van der Waals surface area contributed by atoms with Gasteiger partial charge in [0.25, 0.3) is 0 Å². The minimum Gasteiger partial charge on any atom is -0.313 e. The van der Waals surface area contributed by atoms with Gasteiger partial charge in [-0.25, -0.2) is 13.1 Å². The molecule has 1 aliphatic carbocycles. The first-order valence-corrected chi connectivity index (χ1v) is 8.70. The molecule has 0 heterocycles. The van der Waals surface area contributed by atoms with Gasteiger partial charge in [0.05, 0.1) is 4.90 Å². The van der Waals surface area contributed by atoms with Crippen molar-refractivity contribution in [2.45, 2.75) is 50.1 Å². The summed E-state index contributed by atoms with van der Waals surface area (Å²) in [7, 11) is -1.51. The summed E-state index contributed by atoms with van der Waals surface area (Å²) < 4.78 is 27.3. The zero-order valence-corrected chi connectivity index (χ0v) is 13.2. The zero-order chi connectivity index (χ0) is 14.8. The standard InChI is InChI=1S/C15H24N2O2S/c1-11(10-13-4-5-13)17-20(18,19)15-8-6-14(7-9-15)12(2)16-3/h6-9,11-13,16-17H,4-5,10H2,1-3H3. The van der Waals surface area contributed by atoms with E-state index in [1.165, 1.54) is 12.8 Å². The smallest absolute Gasteiger partial charge is 0.240 e. The Kier molecular flexibility index (Phi) is 4.83. The van der Waals surface area contributed by atoms with Crippen molar-refractivity contribution in [3.8, 4) is 0 Å². The Morgan fingerprint density at radius 1 is 1.20 bits per heavy atom. The minimum absolute atomic E-state index is 0.00316. The van der Waals surface area contributed by atoms with Crippen molar-refractivity contribution < 1.29 is 8.42 Å². The predicted octanol–water partition coefficient (Wildman–Crippen LogP) is 2.43. The number of rotatable bonds is 7. The summed E-state index contributed by atoms with van der Waals surface area (Å²) in [4.78, 5) is 0.340. The molecule has 20 heavy (non-hydrogen) atoms. The van der Waals surface area contributed by atoms with Gasteiger partial charge in [-0.05, 0) is 50.9 Å². The van der Waals surface area contributed by atoms with Crippen molar-refractivity contribution in [3.05, 3.63) is 29.8 Å². The van der Waals surface area contributed by atoms with Crippen molar-refractivity contribution >= 4 is 10.0 Å². The average molecular weight is 296 g/mol. The first kappa shape index (κ1) is 15.5. The van der Waals surface area contributed by atoms with Crippen molar-refractivity contribution in [1.82, 2.24) is 10.0 Å². The second-order valence-electron chi connectivity index (χ2n) is 5.78. The van der Waals surface area contributed by atoms with Crippen LogP contribution in [-0.2, 0) is 10.0 Å². The highest BCUT2D eigenvalue weighted by atomic mass is 32.2. The van der Waals surface area contributed by atoms with E-state index < -0.39 is 10.0 Å². The topological polar surface area (TPSA) is 58.2 Å². The second kappa shape index (κ2) is 6.24. The Labute approximate surface area is 122 Å². The molecule has 0 saturated heterocycles. The van der Waals surface area contributed by atoms with Crippen LogP contribution in [0, 0.1) is 5.92 Å². The van der Waals surface area contributed by atoms with Gasteiger partial charge < -0.3 is 5.32 Å². The van der Waals surface area contributed by atoms with E-state index in [2.05, 4.69) is 10.0 Å². The highest BCUT2D eigenvalue weighted by Crippen LogP contribution is 2.33. The van der Waals surface area contributed by atoms with E-state index >= 15 is 0 Å². The van der Waals surface area contributed by atoms with Crippen LogP contribution >= 0.6 is 0 Å². The van der Waals surface area contributed by atoms with Crippen LogP contribution in [0.15, 0.2) is 29.2 Å². The largest absolute Gasteiger partial charge is 0.313 e. The molecule has 1 saturated carbocycles. The van der Waals surface area contributed by atoms with Crippen LogP contribution in [0.25, 0.3) is 0 Å². The van der Waals surface area contributed by atoms with Crippen LogP contribution in [0.1, 0.15) is 44.7 Å². The van der Waals surface area contributed by atoms with E-state index in [4.69, 9.17) is 0 Å². The van der Waals surface area contributed by atoms with Crippen LogP contribution < -0.4 is 10.0 Å². The summed E-state index contributed by atoms with van der Waals surface area (Å²) >= 11 is 0. The molecule has 112 valence electrons. The van der Waals surface area contributed by atoms with Gasteiger partial charge in [0.1, 0.15) is 0 Å². The van der Waals surface area contributed by atoms with Crippen molar-refractivity contribution in [2.75, 3.05) is 7.05 Å². The van der Waals surface area contributed by atoms with E-state index in [1.807, 2.05) is 33.0 Å². The number of hydrogen-bond donors (Lipinski definition) is 2. The van der Waals surface area contributed by atoms with E-state index in [1.54, 1.807) is 12.1 Å². The lowest BCUT2D eigenvalue weighted by Crippen LogP contribution is -2.32. The molecule has 0 spiro atoms. The van der Waals surface area contributed by atoms with Crippen molar-refractivity contribution in [3.63, 3.8) is 0 Å². The Balaban J connectivity index is 2.04. The quantitative estimate of drug-likeness (QED) is 0.812. The summed E-state index contributed by atoms with van der Waals surface area (Å²) in [6, 6.07) is 7.30. The van der Waals surface area contributed by atoms with E-state index in [0.29, 0.717) is 10.8 Å². The van der Waals surface area contributed by atoms with Gasteiger partial charge in [-0.3, -0.25) is 0 Å². The van der Waals surface area contributed by atoms with Crippen molar-refractivity contribution in [2.24, 2.45) is 5.92 Å². The normalized spacial score (nSPS) is 18.8. The highest BCUT2D eigenvalue weighted by molar-refractivity contribution is 7.89. The molecule has 0 aromatic heterocycles. The Morgan fingerprint density at radius 2 is 1.80 bits per heavy atom. The summed E-state index contributed by atoms with van der Waals surface area (Å²) in [6.07, 6.45) is 3.42. The summed E-state index contributed by atoms with van der Waals surface area (Å²) in [5.74, 6) is 0.714. The number of hydrogen-bond acceptors (Lipinski definition) is 3. The number of nitrogens with one attached hydrogen (secondary N) is 2. The average Bonchev–Trinajstić information content (AvgIpc) is 3.21.